The number of thiophene rings is 2. The van der Waals surface area contributed by atoms with Gasteiger partial charge in [-0.05, 0) is 24.1 Å². The van der Waals surface area contributed by atoms with Crippen LogP contribution in [0, 0.1) is 0 Å². The van der Waals surface area contributed by atoms with Crippen molar-refractivity contribution in [3.05, 3.63) is 46.7 Å². The van der Waals surface area contributed by atoms with Crippen LogP contribution < -0.4 is 5.32 Å². The Bertz CT molecular complexity index is 601. The largest absolute Gasteiger partial charge is 0.305 e. The Hall–Kier alpha value is -1.30. The number of nitrogens with zero attached hydrogens (tertiary/aromatic N) is 2. The highest BCUT2D eigenvalue weighted by Gasteiger charge is 2.17. The number of rotatable bonds is 4. The molecule has 0 radical (unpaired) electrons. The van der Waals surface area contributed by atoms with E-state index in [0.717, 1.165) is 12.2 Å². The fourth-order valence-electron chi connectivity index (χ4n) is 1.94. The van der Waals surface area contributed by atoms with Crippen LogP contribution in [-0.4, -0.2) is 16.5 Å². The van der Waals surface area contributed by atoms with Gasteiger partial charge in [0.05, 0.1) is 17.9 Å². The summed E-state index contributed by atoms with van der Waals surface area (Å²) in [4.78, 5) is 9.88. The van der Waals surface area contributed by atoms with Gasteiger partial charge in [-0.25, -0.2) is 0 Å². The second kappa shape index (κ2) is 5.14. The zero-order valence-corrected chi connectivity index (χ0v) is 11.6. The summed E-state index contributed by atoms with van der Waals surface area (Å²) in [5, 5.41) is 5.61. The minimum absolute atomic E-state index is 0.147. The molecule has 0 aliphatic heterocycles. The molecule has 3 heterocycles. The summed E-state index contributed by atoms with van der Waals surface area (Å²) in [6.45, 7) is 3.02. The molecule has 5 heteroatoms. The van der Waals surface area contributed by atoms with E-state index in [9.17, 15) is 0 Å². The number of aromatic nitrogens is 2. The lowest BCUT2D eigenvalue weighted by atomic mass is 10.2. The lowest BCUT2D eigenvalue weighted by Gasteiger charge is -2.14. The van der Waals surface area contributed by atoms with Gasteiger partial charge < -0.3 is 5.32 Å². The third-order valence-corrected chi connectivity index (χ3v) is 4.89. The Morgan fingerprint density at radius 3 is 3.00 bits per heavy atom. The summed E-state index contributed by atoms with van der Waals surface area (Å²) in [7, 11) is 0. The van der Waals surface area contributed by atoms with Crippen LogP contribution in [0.15, 0.2) is 36.1 Å². The second-order valence-electron chi connectivity index (χ2n) is 3.92. The molecule has 0 aliphatic rings. The maximum atomic E-state index is 4.41. The van der Waals surface area contributed by atoms with Gasteiger partial charge in [0.15, 0.2) is 0 Å². The first-order valence-corrected chi connectivity index (χ1v) is 7.54. The lowest BCUT2D eigenvalue weighted by Crippen LogP contribution is -2.22. The first-order valence-electron chi connectivity index (χ1n) is 5.84. The van der Waals surface area contributed by atoms with E-state index >= 15 is 0 Å². The standard InChI is InChI=1S/C13H13N3S2/c1-2-15-13(9-8-14-4-5-16-9)12-7-11-10(18-12)3-6-17-11/h3-8,13,15H,2H2,1H3. The quantitative estimate of drug-likeness (QED) is 0.792. The van der Waals surface area contributed by atoms with Gasteiger partial charge in [-0.1, -0.05) is 6.92 Å². The molecule has 3 aromatic heterocycles. The Morgan fingerprint density at radius 2 is 2.28 bits per heavy atom. The molecule has 0 saturated heterocycles. The van der Waals surface area contributed by atoms with Crippen molar-refractivity contribution in [1.29, 1.82) is 0 Å². The molecule has 1 atom stereocenters. The van der Waals surface area contributed by atoms with Gasteiger partial charge in [-0.3, -0.25) is 9.97 Å². The normalized spacial score (nSPS) is 12.9. The van der Waals surface area contributed by atoms with Gasteiger partial charge in [0.25, 0.3) is 0 Å². The van der Waals surface area contributed by atoms with Crippen molar-refractivity contribution in [2.45, 2.75) is 13.0 Å². The summed E-state index contributed by atoms with van der Waals surface area (Å²) in [6, 6.07) is 4.58. The fourth-order valence-corrected chi connectivity index (χ4v) is 4.15. The van der Waals surface area contributed by atoms with Gasteiger partial charge >= 0.3 is 0 Å². The van der Waals surface area contributed by atoms with E-state index in [1.165, 1.54) is 14.3 Å². The summed E-state index contributed by atoms with van der Waals surface area (Å²) < 4.78 is 2.70. The molecule has 0 spiro atoms. The molecule has 0 bridgehead atoms. The minimum Gasteiger partial charge on any atom is -0.305 e. The summed E-state index contributed by atoms with van der Waals surface area (Å²) >= 11 is 3.61. The smallest absolute Gasteiger partial charge is 0.0861 e. The van der Waals surface area contributed by atoms with Crippen LogP contribution >= 0.6 is 22.7 Å². The third-order valence-electron chi connectivity index (χ3n) is 2.73. The first-order chi connectivity index (χ1) is 8.88. The van der Waals surface area contributed by atoms with E-state index in [1.807, 2.05) is 17.5 Å². The molecule has 3 nitrogen and oxygen atoms in total. The third kappa shape index (κ3) is 2.16. The van der Waals surface area contributed by atoms with E-state index < -0.39 is 0 Å². The van der Waals surface area contributed by atoms with Gasteiger partial charge in [0, 0.05) is 26.7 Å². The van der Waals surface area contributed by atoms with Crippen LogP contribution in [0.1, 0.15) is 23.5 Å². The van der Waals surface area contributed by atoms with Crippen LogP contribution in [0.2, 0.25) is 0 Å². The molecule has 18 heavy (non-hydrogen) atoms. The molecule has 3 aromatic rings. The number of hydrogen-bond acceptors (Lipinski definition) is 5. The highest BCUT2D eigenvalue weighted by molar-refractivity contribution is 7.27. The van der Waals surface area contributed by atoms with E-state index in [1.54, 1.807) is 23.7 Å². The van der Waals surface area contributed by atoms with Crippen molar-refractivity contribution in [2.75, 3.05) is 6.54 Å². The topological polar surface area (TPSA) is 37.8 Å². The lowest BCUT2D eigenvalue weighted by molar-refractivity contribution is 0.621. The first kappa shape index (κ1) is 11.8. The van der Waals surface area contributed by atoms with Gasteiger partial charge in [-0.2, -0.15) is 0 Å². The van der Waals surface area contributed by atoms with Gasteiger partial charge in [0.1, 0.15) is 0 Å². The van der Waals surface area contributed by atoms with Crippen molar-refractivity contribution in [1.82, 2.24) is 15.3 Å². The molecule has 3 rings (SSSR count). The highest BCUT2D eigenvalue weighted by atomic mass is 32.1. The Balaban J connectivity index is 2.01. The van der Waals surface area contributed by atoms with Crippen molar-refractivity contribution in [3.8, 4) is 0 Å². The molecule has 1 N–H and O–H groups in total. The zero-order chi connectivity index (χ0) is 12.4. The summed E-state index contributed by atoms with van der Waals surface area (Å²) in [5.41, 5.74) is 0.980. The zero-order valence-electron chi connectivity index (χ0n) is 9.96. The number of nitrogens with one attached hydrogen (secondary N) is 1. The van der Waals surface area contributed by atoms with Crippen LogP contribution in [-0.2, 0) is 0 Å². The predicted octanol–water partition coefficient (Wildman–Crippen LogP) is 3.45. The molecular formula is C13H13N3S2. The Kier molecular flexibility index (Phi) is 3.36. The van der Waals surface area contributed by atoms with Crippen LogP contribution in [0.4, 0.5) is 0 Å². The Labute approximate surface area is 114 Å². The summed E-state index contributed by atoms with van der Waals surface area (Å²) in [5.74, 6) is 0. The summed E-state index contributed by atoms with van der Waals surface area (Å²) in [6.07, 6.45) is 5.29. The van der Waals surface area contributed by atoms with Crippen molar-refractivity contribution in [2.24, 2.45) is 0 Å². The molecule has 0 aliphatic carbocycles. The average Bonchev–Trinajstić information content (AvgIpc) is 2.97. The molecular weight excluding hydrogens is 262 g/mol. The van der Waals surface area contributed by atoms with E-state index in [-0.39, 0.29) is 6.04 Å². The molecule has 0 saturated carbocycles. The van der Waals surface area contributed by atoms with Gasteiger partial charge in [0.2, 0.25) is 0 Å². The van der Waals surface area contributed by atoms with Crippen LogP contribution in [0.25, 0.3) is 9.40 Å². The minimum atomic E-state index is 0.147. The SMILES string of the molecule is CCNC(c1cnccn1)c1cc2sccc2s1. The fraction of sp³-hybridized carbons (Fsp3) is 0.231. The average molecular weight is 275 g/mol. The molecule has 0 aromatic carbocycles. The van der Waals surface area contributed by atoms with Crippen LogP contribution in [0.5, 0.6) is 0 Å². The van der Waals surface area contributed by atoms with Crippen molar-refractivity contribution >= 4 is 32.1 Å². The van der Waals surface area contributed by atoms with Crippen molar-refractivity contribution < 1.29 is 0 Å². The van der Waals surface area contributed by atoms with Crippen molar-refractivity contribution in [3.63, 3.8) is 0 Å². The maximum absolute atomic E-state index is 4.41. The number of fused-ring (bicyclic) bond motifs is 1. The molecule has 1 unspecified atom stereocenters. The predicted molar refractivity (Wildman–Crippen MR) is 77.3 cm³/mol. The maximum Gasteiger partial charge on any atom is 0.0861 e. The molecule has 92 valence electrons. The highest BCUT2D eigenvalue weighted by Crippen LogP contribution is 2.35. The van der Waals surface area contributed by atoms with Gasteiger partial charge in [-0.15, -0.1) is 22.7 Å². The second-order valence-corrected chi connectivity index (χ2v) is 5.98. The molecule has 0 amide bonds. The van der Waals surface area contributed by atoms with E-state index in [4.69, 9.17) is 0 Å². The monoisotopic (exact) mass is 275 g/mol. The van der Waals surface area contributed by atoms with Crippen LogP contribution in [0.3, 0.4) is 0 Å². The molecule has 0 fully saturated rings. The van der Waals surface area contributed by atoms with E-state index in [2.05, 4.69) is 39.7 Å². The number of hydrogen-bond donors (Lipinski definition) is 1. The van der Waals surface area contributed by atoms with E-state index in [0.29, 0.717) is 0 Å². The Morgan fingerprint density at radius 1 is 1.33 bits per heavy atom.